The van der Waals surface area contributed by atoms with Gasteiger partial charge < -0.3 is 14.8 Å². The number of allylic oxidation sites excluding steroid dienone is 1. The molecule has 1 aromatic heterocycles. The van der Waals surface area contributed by atoms with Crippen molar-refractivity contribution < 1.29 is 9.84 Å². The number of β-amino-alcohol motifs (C(OH)–C–C–N with tert-alkyl or cyclic N) is 1. The van der Waals surface area contributed by atoms with Crippen LogP contribution in [0, 0.1) is 5.41 Å². The number of nitrogens with zero attached hydrogens (tertiary/aromatic N) is 1. The molecule has 1 aliphatic carbocycles. The molecule has 0 radical (unpaired) electrons. The number of fused-ring (bicyclic) bond motifs is 1. The van der Waals surface area contributed by atoms with Gasteiger partial charge >= 0.3 is 0 Å². The van der Waals surface area contributed by atoms with Crippen molar-refractivity contribution in [2.45, 2.75) is 25.4 Å². The van der Waals surface area contributed by atoms with E-state index in [-0.39, 0.29) is 0 Å². The van der Waals surface area contributed by atoms with Crippen molar-refractivity contribution in [3.63, 3.8) is 0 Å². The van der Waals surface area contributed by atoms with Crippen LogP contribution in [0.4, 0.5) is 0 Å². The lowest BCUT2D eigenvalue weighted by Crippen LogP contribution is -2.38. The molecule has 0 amide bonds. The van der Waals surface area contributed by atoms with Crippen LogP contribution in [-0.2, 0) is 0 Å². The van der Waals surface area contributed by atoms with Crippen LogP contribution >= 0.6 is 0 Å². The zero-order valence-corrected chi connectivity index (χ0v) is 13.4. The molecule has 4 rings (SSSR count). The third kappa shape index (κ3) is 3.43. The molecule has 2 heterocycles. The van der Waals surface area contributed by atoms with Gasteiger partial charge in [0.2, 0.25) is 0 Å². The Hall–Kier alpha value is -1.78. The molecule has 2 N–H and O–H groups in total. The first-order chi connectivity index (χ1) is 11.2. The summed E-state index contributed by atoms with van der Waals surface area (Å²) < 4.78 is 5.77. The first-order valence-electron chi connectivity index (χ1n) is 8.48. The van der Waals surface area contributed by atoms with E-state index in [2.05, 4.69) is 22.0 Å². The molecule has 4 heteroatoms. The van der Waals surface area contributed by atoms with Crippen LogP contribution in [0.5, 0.6) is 5.75 Å². The Labute approximate surface area is 136 Å². The van der Waals surface area contributed by atoms with Gasteiger partial charge in [-0.2, -0.15) is 0 Å². The van der Waals surface area contributed by atoms with Gasteiger partial charge in [-0.15, -0.1) is 0 Å². The van der Waals surface area contributed by atoms with E-state index in [4.69, 9.17) is 4.74 Å². The SMILES string of the molecule is OC(COc1ccc2cc[nH]c2c1)CN1CC=CCC2(CC2)C1. The predicted octanol–water partition coefficient (Wildman–Crippen LogP) is 2.95. The summed E-state index contributed by atoms with van der Waals surface area (Å²) in [5.41, 5.74) is 1.57. The van der Waals surface area contributed by atoms with Crippen LogP contribution in [0.2, 0.25) is 0 Å². The third-order valence-electron chi connectivity index (χ3n) is 5.04. The zero-order chi connectivity index (χ0) is 15.7. The lowest BCUT2D eigenvalue weighted by molar-refractivity contribution is 0.0663. The minimum atomic E-state index is -0.461. The van der Waals surface area contributed by atoms with Crippen molar-refractivity contribution in [1.29, 1.82) is 0 Å². The summed E-state index contributed by atoms with van der Waals surface area (Å²) >= 11 is 0. The first kappa shape index (κ1) is 14.8. The number of nitrogens with one attached hydrogen (secondary N) is 1. The summed E-state index contributed by atoms with van der Waals surface area (Å²) in [5, 5.41) is 11.5. The van der Waals surface area contributed by atoms with E-state index in [0.717, 1.165) is 24.4 Å². The van der Waals surface area contributed by atoms with Crippen molar-refractivity contribution in [1.82, 2.24) is 9.88 Å². The molecule has 1 aromatic carbocycles. The number of aromatic nitrogens is 1. The fourth-order valence-corrected chi connectivity index (χ4v) is 3.50. The Bertz CT molecular complexity index is 702. The smallest absolute Gasteiger partial charge is 0.121 e. The zero-order valence-electron chi connectivity index (χ0n) is 13.4. The van der Waals surface area contributed by atoms with Gasteiger partial charge in [-0.1, -0.05) is 12.2 Å². The highest BCUT2D eigenvalue weighted by Gasteiger charge is 2.43. The monoisotopic (exact) mass is 312 g/mol. The van der Waals surface area contributed by atoms with E-state index in [1.807, 2.05) is 30.5 Å². The van der Waals surface area contributed by atoms with Gasteiger partial charge in [-0.3, -0.25) is 4.90 Å². The molecule has 1 atom stereocenters. The molecular weight excluding hydrogens is 288 g/mol. The highest BCUT2D eigenvalue weighted by molar-refractivity contribution is 5.80. The molecule has 2 aromatic rings. The molecule has 0 saturated heterocycles. The van der Waals surface area contributed by atoms with Crippen molar-refractivity contribution in [3.05, 3.63) is 42.6 Å². The van der Waals surface area contributed by atoms with Crippen LogP contribution in [0.25, 0.3) is 10.9 Å². The summed E-state index contributed by atoms with van der Waals surface area (Å²) in [7, 11) is 0. The molecule has 23 heavy (non-hydrogen) atoms. The van der Waals surface area contributed by atoms with Gasteiger partial charge in [0.1, 0.15) is 18.5 Å². The van der Waals surface area contributed by atoms with Gasteiger partial charge in [-0.25, -0.2) is 0 Å². The average molecular weight is 312 g/mol. The van der Waals surface area contributed by atoms with E-state index in [1.54, 1.807) is 0 Å². The highest BCUT2D eigenvalue weighted by Crippen LogP contribution is 2.50. The van der Waals surface area contributed by atoms with Gasteiger partial charge in [0, 0.05) is 37.4 Å². The second-order valence-corrected chi connectivity index (χ2v) is 7.06. The minimum absolute atomic E-state index is 0.333. The van der Waals surface area contributed by atoms with Crippen LogP contribution in [0.15, 0.2) is 42.6 Å². The number of hydrogen-bond donors (Lipinski definition) is 2. The maximum Gasteiger partial charge on any atom is 0.121 e. The quantitative estimate of drug-likeness (QED) is 0.835. The Balaban J connectivity index is 1.31. The summed E-state index contributed by atoms with van der Waals surface area (Å²) in [6.45, 7) is 3.05. The number of rotatable bonds is 5. The number of ether oxygens (including phenoxy) is 1. The number of hydrogen-bond acceptors (Lipinski definition) is 3. The molecule has 1 saturated carbocycles. The maximum atomic E-state index is 10.3. The van der Waals surface area contributed by atoms with Gasteiger partial charge in [-0.05, 0) is 48.3 Å². The molecule has 1 spiro atoms. The second-order valence-electron chi connectivity index (χ2n) is 7.06. The Morgan fingerprint density at radius 2 is 2.17 bits per heavy atom. The first-order valence-corrected chi connectivity index (χ1v) is 8.48. The standard InChI is InChI=1S/C19H24N2O2/c22-16(12-21-10-2-1-6-19(14-21)7-8-19)13-23-17-4-3-15-5-9-20-18(15)11-17/h1-5,9,11,16,20,22H,6-8,10,12-14H2. The van der Waals surface area contributed by atoms with E-state index < -0.39 is 6.10 Å². The van der Waals surface area contributed by atoms with Crippen molar-refractivity contribution >= 4 is 10.9 Å². The Morgan fingerprint density at radius 3 is 3.04 bits per heavy atom. The van der Waals surface area contributed by atoms with Crippen LogP contribution in [0.1, 0.15) is 19.3 Å². The van der Waals surface area contributed by atoms with Crippen molar-refractivity contribution in [2.24, 2.45) is 5.41 Å². The molecule has 122 valence electrons. The summed E-state index contributed by atoms with van der Waals surface area (Å²) in [4.78, 5) is 5.54. The Kier molecular flexibility index (Phi) is 3.87. The van der Waals surface area contributed by atoms with Gasteiger partial charge in [0.05, 0.1) is 0 Å². The normalized spacial score (nSPS) is 21.4. The fraction of sp³-hybridized carbons (Fsp3) is 0.474. The fourth-order valence-electron chi connectivity index (χ4n) is 3.50. The Morgan fingerprint density at radius 1 is 1.26 bits per heavy atom. The highest BCUT2D eigenvalue weighted by atomic mass is 16.5. The number of H-pyrrole nitrogens is 1. The van der Waals surface area contributed by atoms with Crippen LogP contribution in [-0.4, -0.2) is 47.3 Å². The number of benzene rings is 1. The van der Waals surface area contributed by atoms with E-state index in [9.17, 15) is 5.11 Å². The number of aromatic amines is 1. The molecule has 0 bridgehead atoms. The molecule has 1 fully saturated rings. The molecule has 1 aliphatic heterocycles. The molecule has 1 unspecified atom stereocenters. The maximum absolute atomic E-state index is 10.3. The topological polar surface area (TPSA) is 48.5 Å². The lowest BCUT2D eigenvalue weighted by Gasteiger charge is -2.26. The summed E-state index contributed by atoms with van der Waals surface area (Å²) in [6, 6.07) is 8.01. The third-order valence-corrected chi connectivity index (χ3v) is 5.04. The van der Waals surface area contributed by atoms with Crippen LogP contribution in [0.3, 0.4) is 0 Å². The van der Waals surface area contributed by atoms with E-state index in [0.29, 0.717) is 18.6 Å². The van der Waals surface area contributed by atoms with Gasteiger partial charge in [0.15, 0.2) is 0 Å². The molecule has 4 nitrogen and oxygen atoms in total. The average Bonchev–Trinajstić information content (AvgIpc) is 3.20. The minimum Gasteiger partial charge on any atom is -0.491 e. The number of aliphatic hydroxyl groups excluding tert-OH is 1. The second kappa shape index (κ2) is 6.02. The van der Waals surface area contributed by atoms with Crippen LogP contribution < -0.4 is 4.74 Å². The van der Waals surface area contributed by atoms with E-state index in [1.165, 1.54) is 24.6 Å². The number of aliphatic hydroxyl groups is 1. The van der Waals surface area contributed by atoms with Crippen molar-refractivity contribution in [3.8, 4) is 5.75 Å². The van der Waals surface area contributed by atoms with E-state index >= 15 is 0 Å². The molecule has 2 aliphatic rings. The molecular formula is C19H24N2O2. The summed E-state index contributed by atoms with van der Waals surface area (Å²) in [6.07, 6.45) is 9.86. The largest absolute Gasteiger partial charge is 0.491 e. The van der Waals surface area contributed by atoms with Gasteiger partial charge in [0.25, 0.3) is 0 Å². The predicted molar refractivity (Wildman–Crippen MR) is 91.7 cm³/mol. The lowest BCUT2D eigenvalue weighted by atomic mass is 10.0. The van der Waals surface area contributed by atoms with Crippen molar-refractivity contribution in [2.75, 3.05) is 26.2 Å². The summed E-state index contributed by atoms with van der Waals surface area (Å²) in [5.74, 6) is 0.799.